The van der Waals surface area contributed by atoms with Crippen molar-refractivity contribution in [2.45, 2.75) is 31.9 Å². The first-order valence-electron chi connectivity index (χ1n) is 6.49. The number of benzene rings is 1. The maximum atomic E-state index is 9.26. The monoisotopic (exact) mass is 262 g/mol. The maximum absolute atomic E-state index is 9.26. The molecule has 0 bridgehead atoms. The summed E-state index contributed by atoms with van der Waals surface area (Å²) in [4.78, 5) is 4.66. The highest BCUT2D eigenvalue weighted by Gasteiger charge is 2.27. The summed E-state index contributed by atoms with van der Waals surface area (Å²) in [6.45, 7) is 3.14. The smallest absolute Gasteiger partial charge is 0.111 e. The van der Waals surface area contributed by atoms with Crippen molar-refractivity contribution in [3.63, 3.8) is 0 Å². The molecular formula is C14H18N2OS. The van der Waals surface area contributed by atoms with Gasteiger partial charge in [-0.05, 0) is 44.4 Å². The number of para-hydroxylation sites is 1. The second-order valence-corrected chi connectivity index (χ2v) is 6.20. The Labute approximate surface area is 111 Å². The topological polar surface area (TPSA) is 45.1 Å². The summed E-state index contributed by atoms with van der Waals surface area (Å²) in [6.07, 6.45) is 1.83. The van der Waals surface area contributed by atoms with E-state index in [0.717, 1.165) is 29.9 Å². The SMILES string of the molecule is CC(NCC1CC(O)C1)c1nc2ccccc2s1. The van der Waals surface area contributed by atoms with Gasteiger partial charge in [-0.25, -0.2) is 4.98 Å². The standard InChI is InChI=1S/C14H18N2OS/c1-9(15-8-10-6-11(17)7-10)14-16-12-4-2-3-5-13(12)18-14/h2-5,9-11,15,17H,6-8H2,1H3. The van der Waals surface area contributed by atoms with Gasteiger partial charge in [0.25, 0.3) is 0 Å². The van der Waals surface area contributed by atoms with E-state index in [2.05, 4.69) is 35.4 Å². The lowest BCUT2D eigenvalue weighted by molar-refractivity contribution is 0.0420. The molecule has 1 aliphatic carbocycles. The van der Waals surface area contributed by atoms with Crippen molar-refractivity contribution >= 4 is 21.6 Å². The van der Waals surface area contributed by atoms with Gasteiger partial charge in [0.1, 0.15) is 5.01 Å². The fraction of sp³-hybridized carbons (Fsp3) is 0.500. The number of hydrogen-bond donors (Lipinski definition) is 2. The number of rotatable bonds is 4. The lowest BCUT2D eigenvalue weighted by Gasteiger charge is -2.32. The molecule has 0 amide bonds. The number of aliphatic hydroxyl groups is 1. The maximum Gasteiger partial charge on any atom is 0.111 e. The van der Waals surface area contributed by atoms with E-state index in [9.17, 15) is 5.11 Å². The van der Waals surface area contributed by atoms with Crippen LogP contribution >= 0.6 is 11.3 Å². The molecule has 1 aliphatic rings. The van der Waals surface area contributed by atoms with Gasteiger partial charge in [0.05, 0.1) is 22.4 Å². The Balaban J connectivity index is 1.62. The lowest BCUT2D eigenvalue weighted by atomic mass is 9.82. The van der Waals surface area contributed by atoms with Crippen molar-refractivity contribution in [1.82, 2.24) is 10.3 Å². The number of hydrogen-bond acceptors (Lipinski definition) is 4. The average Bonchev–Trinajstić information content (AvgIpc) is 2.76. The Morgan fingerprint density at radius 1 is 1.44 bits per heavy atom. The summed E-state index contributed by atoms with van der Waals surface area (Å²) >= 11 is 1.76. The Bertz CT molecular complexity index is 500. The molecule has 1 atom stereocenters. The van der Waals surface area contributed by atoms with Gasteiger partial charge in [-0.15, -0.1) is 11.3 Å². The number of aromatic nitrogens is 1. The van der Waals surface area contributed by atoms with Crippen LogP contribution in [0.15, 0.2) is 24.3 Å². The molecule has 0 aliphatic heterocycles. The number of nitrogens with zero attached hydrogens (tertiary/aromatic N) is 1. The molecule has 3 nitrogen and oxygen atoms in total. The van der Waals surface area contributed by atoms with Gasteiger partial charge >= 0.3 is 0 Å². The molecule has 0 saturated heterocycles. The van der Waals surface area contributed by atoms with E-state index < -0.39 is 0 Å². The molecule has 1 aromatic carbocycles. The molecular weight excluding hydrogens is 244 g/mol. The van der Waals surface area contributed by atoms with Crippen LogP contribution in [0, 0.1) is 5.92 Å². The van der Waals surface area contributed by atoms with Crippen LogP contribution in [-0.4, -0.2) is 22.7 Å². The van der Waals surface area contributed by atoms with E-state index in [1.807, 2.05) is 6.07 Å². The van der Waals surface area contributed by atoms with Crippen molar-refractivity contribution in [2.75, 3.05) is 6.54 Å². The molecule has 3 rings (SSSR count). The number of nitrogens with one attached hydrogen (secondary N) is 1. The third-order valence-corrected chi connectivity index (χ3v) is 4.82. The van der Waals surface area contributed by atoms with Gasteiger partial charge in [0, 0.05) is 0 Å². The summed E-state index contributed by atoms with van der Waals surface area (Å²) < 4.78 is 1.25. The van der Waals surface area contributed by atoms with Crippen LogP contribution in [0.25, 0.3) is 10.2 Å². The summed E-state index contributed by atoms with van der Waals surface area (Å²) in [5.74, 6) is 0.636. The molecule has 2 aromatic rings. The Morgan fingerprint density at radius 2 is 2.22 bits per heavy atom. The fourth-order valence-electron chi connectivity index (χ4n) is 2.37. The molecule has 0 spiro atoms. The number of thiazole rings is 1. The third-order valence-electron chi connectivity index (χ3n) is 3.60. The van der Waals surface area contributed by atoms with Crippen molar-refractivity contribution < 1.29 is 5.11 Å². The van der Waals surface area contributed by atoms with Crippen molar-refractivity contribution in [3.05, 3.63) is 29.3 Å². The highest BCUT2D eigenvalue weighted by Crippen LogP contribution is 2.29. The van der Waals surface area contributed by atoms with Crippen molar-refractivity contribution in [1.29, 1.82) is 0 Å². The molecule has 1 unspecified atom stereocenters. The number of aliphatic hydroxyl groups excluding tert-OH is 1. The van der Waals surface area contributed by atoms with Gasteiger partial charge in [0.15, 0.2) is 0 Å². The van der Waals surface area contributed by atoms with Crippen LogP contribution < -0.4 is 5.32 Å². The minimum absolute atomic E-state index is 0.0606. The average molecular weight is 262 g/mol. The van der Waals surface area contributed by atoms with Gasteiger partial charge in [0.2, 0.25) is 0 Å². The van der Waals surface area contributed by atoms with Gasteiger partial charge in [-0.3, -0.25) is 0 Å². The Hall–Kier alpha value is -0.970. The summed E-state index contributed by atoms with van der Waals surface area (Å²) in [5.41, 5.74) is 1.09. The van der Waals surface area contributed by atoms with Crippen LogP contribution in [-0.2, 0) is 0 Å². The second-order valence-electron chi connectivity index (χ2n) is 5.14. The first-order chi connectivity index (χ1) is 8.72. The van der Waals surface area contributed by atoms with Gasteiger partial charge in [-0.2, -0.15) is 0 Å². The largest absolute Gasteiger partial charge is 0.393 e. The van der Waals surface area contributed by atoms with E-state index in [1.165, 1.54) is 4.70 Å². The van der Waals surface area contributed by atoms with E-state index in [1.54, 1.807) is 11.3 Å². The van der Waals surface area contributed by atoms with Crippen LogP contribution in [0.5, 0.6) is 0 Å². The van der Waals surface area contributed by atoms with E-state index in [-0.39, 0.29) is 6.10 Å². The molecule has 1 aromatic heterocycles. The van der Waals surface area contributed by atoms with Gasteiger partial charge in [-0.1, -0.05) is 12.1 Å². The van der Waals surface area contributed by atoms with Crippen molar-refractivity contribution in [3.8, 4) is 0 Å². The van der Waals surface area contributed by atoms with Crippen LogP contribution in [0.4, 0.5) is 0 Å². The Morgan fingerprint density at radius 3 is 2.94 bits per heavy atom. The predicted molar refractivity (Wildman–Crippen MR) is 74.8 cm³/mol. The zero-order chi connectivity index (χ0) is 12.5. The fourth-order valence-corrected chi connectivity index (χ4v) is 3.37. The molecule has 4 heteroatoms. The first kappa shape index (κ1) is 12.1. The molecule has 1 fully saturated rings. The molecule has 18 heavy (non-hydrogen) atoms. The Kier molecular flexibility index (Phi) is 3.33. The lowest BCUT2D eigenvalue weighted by Crippen LogP contribution is -2.36. The van der Waals surface area contributed by atoms with Crippen LogP contribution in [0.3, 0.4) is 0 Å². The molecule has 96 valence electrons. The minimum Gasteiger partial charge on any atom is -0.393 e. The molecule has 1 heterocycles. The normalized spacial score (nSPS) is 25.0. The van der Waals surface area contributed by atoms with E-state index in [4.69, 9.17) is 0 Å². The first-order valence-corrected chi connectivity index (χ1v) is 7.31. The quantitative estimate of drug-likeness (QED) is 0.890. The van der Waals surface area contributed by atoms with Crippen molar-refractivity contribution in [2.24, 2.45) is 5.92 Å². The van der Waals surface area contributed by atoms with Crippen LogP contribution in [0.1, 0.15) is 30.8 Å². The zero-order valence-electron chi connectivity index (χ0n) is 10.5. The highest BCUT2D eigenvalue weighted by atomic mass is 32.1. The van der Waals surface area contributed by atoms with Gasteiger partial charge < -0.3 is 10.4 Å². The molecule has 2 N–H and O–H groups in total. The summed E-state index contributed by atoms with van der Waals surface area (Å²) in [6, 6.07) is 8.55. The zero-order valence-corrected chi connectivity index (χ0v) is 11.3. The minimum atomic E-state index is -0.0606. The van der Waals surface area contributed by atoms with E-state index >= 15 is 0 Å². The number of fused-ring (bicyclic) bond motifs is 1. The third kappa shape index (κ3) is 2.41. The second kappa shape index (κ2) is 4.96. The highest BCUT2D eigenvalue weighted by molar-refractivity contribution is 7.18. The van der Waals surface area contributed by atoms with E-state index in [0.29, 0.717) is 12.0 Å². The summed E-state index contributed by atoms with van der Waals surface area (Å²) in [5, 5.41) is 13.9. The molecule has 1 saturated carbocycles. The summed E-state index contributed by atoms with van der Waals surface area (Å²) in [7, 11) is 0. The molecule has 0 radical (unpaired) electrons. The predicted octanol–water partition coefficient (Wildman–Crippen LogP) is 2.72. The van der Waals surface area contributed by atoms with Crippen LogP contribution in [0.2, 0.25) is 0 Å².